The van der Waals surface area contributed by atoms with Crippen molar-refractivity contribution in [3.8, 4) is 6.07 Å². The lowest BCUT2D eigenvalue weighted by molar-refractivity contribution is -0.0796. The molecule has 0 N–H and O–H groups in total. The molecule has 0 radical (unpaired) electrons. The normalized spacial score (nSPS) is 10.4. The number of nitrogens with zero attached hydrogens (tertiary/aromatic N) is 1. The van der Waals surface area contributed by atoms with Gasteiger partial charge in [0, 0.05) is 5.57 Å². The Balaban J connectivity index is 2.56. The maximum Gasteiger partial charge on any atom is 0.416 e. The van der Waals surface area contributed by atoms with Gasteiger partial charge in [0.1, 0.15) is 0 Å². The molecule has 0 spiro atoms. The van der Waals surface area contributed by atoms with Crippen LogP contribution in [0.2, 0.25) is 0 Å². The summed E-state index contributed by atoms with van der Waals surface area (Å²) < 4.78 is 37.2. The van der Waals surface area contributed by atoms with E-state index in [0.29, 0.717) is 22.3 Å². The summed E-state index contributed by atoms with van der Waals surface area (Å²) in [4.78, 5) is 0. The number of nitriles is 1. The number of alkyl halides is 3. The van der Waals surface area contributed by atoms with E-state index < -0.39 is 6.18 Å². The third kappa shape index (κ3) is 4.10. The van der Waals surface area contributed by atoms with Crippen LogP contribution in [-0.2, 0) is 0 Å². The van der Waals surface area contributed by atoms with E-state index in [4.69, 9.17) is 5.26 Å². The quantitative estimate of drug-likeness (QED) is 0.733. The molecule has 0 heterocycles. The number of benzene rings is 2. The Kier molecular flexibility index (Phi) is 4.27. The first-order valence-electron chi connectivity index (χ1n) is 6.10. The maximum absolute atomic E-state index is 12.4. The summed E-state index contributed by atoms with van der Waals surface area (Å²) in [6.07, 6.45) is -4.33. The van der Waals surface area contributed by atoms with Crippen LogP contribution in [0.4, 0.5) is 13.2 Å². The number of rotatable bonds is 2. The van der Waals surface area contributed by atoms with Gasteiger partial charge in [-0.3, -0.25) is 0 Å². The van der Waals surface area contributed by atoms with E-state index in [0.717, 1.165) is 0 Å². The molecule has 2 aromatic carbocycles. The number of allylic oxidation sites excluding steroid dienone is 1. The van der Waals surface area contributed by atoms with Gasteiger partial charge in [0.15, 0.2) is 0 Å². The van der Waals surface area contributed by atoms with E-state index in [9.17, 15) is 13.2 Å². The van der Waals surface area contributed by atoms with Crippen molar-refractivity contribution in [2.24, 2.45) is 0 Å². The second-order valence-corrected chi connectivity index (χ2v) is 4.26. The van der Waals surface area contributed by atoms with Crippen LogP contribution < -0.4 is 0 Å². The van der Waals surface area contributed by atoms with Gasteiger partial charge < -0.3 is 0 Å². The highest BCUT2D eigenvalue weighted by atomic mass is 19.4. The lowest BCUT2D eigenvalue weighted by Crippen LogP contribution is -2.00. The molecule has 0 aromatic heterocycles. The van der Waals surface area contributed by atoms with Crippen molar-refractivity contribution in [2.75, 3.05) is 0 Å². The largest absolute Gasteiger partial charge is 0.416 e. The van der Waals surface area contributed by atoms with Gasteiger partial charge in [0.05, 0.1) is 17.7 Å². The van der Waals surface area contributed by atoms with Crippen molar-refractivity contribution in [3.63, 3.8) is 0 Å². The van der Waals surface area contributed by atoms with Gasteiger partial charge in [-0.1, -0.05) is 42.5 Å². The van der Waals surface area contributed by atoms with Crippen LogP contribution in [0.1, 0.15) is 16.7 Å². The Morgan fingerprint density at radius 3 is 2.00 bits per heavy atom. The highest BCUT2D eigenvalue weighted by molar-refractivity contribution is 5.79. The molecule has 0 aliphatic carbocycles. The molecule has 0 aliphatic heterocycles. The molecular weight excluding hydrogens is 275 g/mol. The first-order chi connectivity index (χ1) is 9.99. The van der Waals surface area contributed by atoms with Crippen LogP contribution >= 0.6 is 0 Å². The molecule has 0 saturated carbocycles. The monoisotopic (exact) mass is 285 g/mol. The summed E-state index contributed by atoms with van der Waals surface area (Å²) in [5.41, 5.74) is 4.29. The van der Waals surface area contributed by atoms with E-state index in [1.807, 2.05) is 6.07 Å². The Morgan fingerprint density at radius 1 is 0.905 bits per heavy atom. The van der Waals surface area contributed by atoms with Crippen molar-refractivity contribution in [3.05, 3.63) is 83.1 Å². The molecule has 0 bridgehead atoms. The topological polar surface area (TPSA) is 23.8 Å². The van der Waals surface area contributed by atoms with Gasteiger partial charge in [0.2, 0.25) is 0 Å². The fraction of sp³-hybridized carbons (Fsp3) is 0.0588. The summed E-state index contributed by atoms with van der Waals surface area (Å²) in [5.74, 6) is 0. The van der Waals surface area contributed by atoms with Crippen LogP contribution in [0.25, 0.3) is 5.57 Å². The summed E-state index contributed by atoms with van der Waals surface area (Å²) in [7, 11) is 0. The average molecular weight is 285 g/mol. The van der Waals surface area contributed by atoms with Gasteiger partial charge in [0.25, 0.3) is 0 Å². The molecule has 21 heavy (non-hydrogen) atoms. The predicted molar refractivity (Wildman–Crippen MR) is 74.2 cm³/mol. The zero-order valence-electron chi connectivity index (χ0n) is 10.9. The second kappa shape index (κ2) is 6.13. The second-order valence-electron chi connectivity index (χ2n) is 4.26. The summed E-state index contributed by atoms with van der Waals surface area (Å²) in [5, 5.41) is 8.77. The van der Waals surface area contributed by atoms with E-state index in [1.54, 1.807) is 54.6 Å². The van der Waals surface area contributed by atoms with Crippen molar-refractivity contribution >= 4 is 5.57 Å². The van der Waals surface area contributed by atoms with Crippen LogP contribution in [0.3, 0.4) is 0 Å². The lowest BCUT2D eigenvalue weighted by Gasteiger charge is -2.06. The molecule has 104 valence electrons. The molecule has 0 atom stereocenters. The minimum absolute atomic E-state index is 0.0908. The lowest BCUT2D eigenvalue weighted by atomic mass is 9.98. The van der Waals surface area contributed by atoms with E-state index in [2.05, 4.69) is 5.73 Å². The Hall–Kier alpha value is -2.76. The molecular formula is C17H10F3N. The minimum atomic E-state index is -4.42. The van der Waals surface area contributed by atoms with Crippen LogP contribution in [0.15, 0.2) is 66.4 Å². The number of halogens is 3. The average Bonchev–Trinajstić information content (AvgIpc) is 2.48. The molecule has 0 unspecified atom stereocenters. The molecule has 4 heteroatoms. The molecule has 2 rings (SSSR count). The fourth-order valence-corrected chi connectivity index (χ4v) is 1.80. The van der Waals surface area contributed by atoms with Crippen LogP contribution in [-0.4, -0.2) is 6.18 Å². The Bertz CT molecular complexity index is 713. The van der Waals surface area contributed by atoms with Crippen LogP contribution in [0.5, 0.6) is 0 Å². The first-order valence-corrected chi connectivity index (χ1v) is 6.10. The van der Waals surface area contributed by atoms with Crippen molar-refractivity contribution in [1.82, 2.24) is 0 Å². The smallest absolute Gasteiger partial charge is 0.192 e. The van der Waals surface area contributed by atoms with Gasteiger partial charge >= 0.3 is 6.18 Å². The van der Waals surface area contributed by atoms with Crippen molar-refractivity contribution < 1.29 is 13.2 Å². The first kappa shape index (κ1) is 14.6. The number of hydrogen-bond donors (Lipinski definition) is 0. The summed E-state index contributed by atoms with van der Waals surface area (Å²) in [6, 6.07) is 17.0. The standard InChI is InChI=1S/C17H10F3N/c18-17(19,20)11-10-16(14-4-2-1-3-5-14)15-8-6-13(12-21)7-9-15/h1-9,11H. The van der Waals surface area contributed by atoms with Crippen molar-refractivity contribution in [1.29, 1.82) is 5.26 Å². The van der Waals surface area contributed by atoms with Crippen LogP contribution in [0, 0.1) is 11.3 Å². The molecule has 0 aliphatic rings. The highest BCUT2D eigenvalue weighted by Gasteiger charge is 2.22. The summed E-state index contributed by atoms with van der Waals surface area (Å²) in [6.45, 7) is 0. The minimum Gasteiger partial charge on any atom is -0.192 e. The zero-order valence-corrected chi connectivity index (χ0v) is 10.9. The van der Waals surface area contributed by atoms with E-state index in [1.165, 1.54) is 0 Å². The van der Waals surface area contributed by atoms with Gasteiger partial charge in [-0.25, -0.2) is 0 Å². The van der Waals surface area contributed by atoms with E-state index in [-0.39, 0.29) is 6.08 Å². The molecule has 0 fully saturated rings. The van der Waals surface area contributed by atoms with Gasteiger partial charge in [-0.05, 0) is 23.3 Å². The molecule has 0 amide bonds. The van der Waals surface area contributed by atoms with Gasteiger partial charge in [-0.15, -0.1) is 5.73 Å². The van der Waals surface area contributed by atoms with Crippen molar-refractivity contribution in [2.45, 2.75) is 6.18 Å². The molecule has 1 nitrogen and oxygen atoms in total. The third-order valence-corrected chi connectivity index (χ3v) is 2.75. The fourth-order valence-electron chi connectivity index (χ4n) is 1.80. The van der Waals surface area contributed by atoms with Gasteiger partial charge in [-0.2, -0.15) is 18.4 Å². The maximum atomic E-state index is 12.4. The highest BCUT2D eigenvalue weighted by Crippen LogP contribution is 2.24. The molecule has 2 aromatic rings. The van der Waals surface area contributed by atoms with E-state index >= 15 is 0 Å². The Labute approximate surface area is 120 Å². The molecule has 0 saturated heterocycles. The number of hydrogen-bond acceptors (Lipinski definition) is 1. The zero-order chi connectivity index (χ0) is 15.3. The third-order valence-electron chi connectivity index (χ3n) is 2.75. The SMILES string of the molecule is N#Cc1ccc(C(=C=CC(F)(F)F)c2ccccc2)cc1. The summed E-state index contributed by atoms with van der Waals surface area (Å²) >= 11 is 0. The Morgan fingerprint density at radius 2 is 1.48 bits per heavy atom. The predicted octanol–water partition coefficient (Wildman–Crippen LogP) is 4.71.